The monoisotopic (exact) mass is 379 g/mol. The first kappa shape index (κ1) is 17.8. The van der Waals surface area contributed by atoms with Crippen molar-refractivity contribution in [2.24, 2.45) is 7.05 Å². The van der Waals surface area contributed by atoms with Crippen LogP contribution in [0.25, 0.3) is 0 Å². The Labute approximate surface area is 151 Å². The molecule has 0 aromatic carbocycles. The van der Waals surface area contributed by atoms with E-state index in [0.717, 1.165) is 10.7 Å². The number of thiophene rings is 1. The number of aromatic nitrogens is 4. The molecule has 0 fully saturated rings. The Bertz CT molecular complexity index is 878. The number of aryl methyl sites for hydroxylation is 1. The van der Waals surface area contributed by atoms with Crippen molar-refractivity contribution in [3.63, 3.8) is 0 Å². The third-order valence-electron chi connectivity index (χ3n) is 3.86. The molecule has 0 aliphatic rings. The molecule has 0 amide bonds. The van der Waals surface area contributed by atoms with Gasteiger partial charge in [0.05, 0.1) is 6.04 Å². The fraction of sp³-hybridized carbons (Fsp3) is 0.375. The van der Waals surface area contributed by atoms with Gasteiger partial charge in [0.15, 0.2) is 5.03 Å². The molecule has 1 unspecified atom stereocenters. The summed E-state index contributed by atoms with van der Waals surface area (Å²) in [4.78, 5) is 5.31. The van der Waals surface area contributed by atoms with Gasteiger partial charge in [0.1, 0.15) is 5.82 Å². The van der Waals surface area contributed by atoms with Crippen LogP contribution in [0.2, 0.25) is 0 Å². The summed E-state index contributed by atoms with van der Waals surface area (Å²) < 4.78 is 31.5. The van der Waals surface area contributed by atoms with Crippen LogP contribution < -0.4 is 4.72 Å². The van der Waals surface area contributed by atoms with Crippen molar-refractivity contribution in [1.82, 2.24) is 24.1 Å². The molecule has 0 saturated heterocycles. The Morgan fingerprint density at radius 3 is 2.68 bits per heavy atom. The molecule has 0 saturated carbocycles. The highest BCUT2D eigenvalue weighted by atomic mass is 32.2. The Morgan fingerprint density at radius 1 is 1.32 bits per heavy atom. The van der Waals surface area contributed by atoms with Gasteiger partial charge in [0.2, 0.25) is 0 Å². The predicted octanol–water partition coefficient (Wildman–Crippen LogP) is 2.37. The minimum absolute atomic E-state index is 0.0455. The number of rotatable bonds is 7. The summed E-state index contributed by atoms with van der Waals surface area (Å²) in [5.74, 6) is 0.888. The first-order valence-corrected chi connectivity index (χ1v) is 10.3. The molecular weight excluding hydrogens is 358 g/mol. The van der Waals surface area contributed by atoms with E-state index in [-0.39, 0.29) is 23.5 Å². The summed E-state index contributed by atoms with van der Waals surface area (Å²) in [5, 5.41) is 6.27. The summed E-state index contributed by atoms with van der Waals surface area (Å²) in [6, 6.07) is 5.54. The maximum Gasteiger partial charge on any atom is 0.259 e. The van der Waals surface area contributed by atoms with E-state index in [2.05, 4.69) is 14.8 Å². The number of nitrogens with zero attached hydrogens (tertiary/aromatic N) is 4. The van der Waals surface area contributed by atoms with Crippen molar-refractivity contribution >= 4 is 21.4 Å². The van der Waals surface area contributed by atoms with Gasteiger partial charge in [-0.2, -0.15) is 5.10 Å². The fourth-order valence-electron chi connectivity index (χ4n) is 2.65. The molecule has 134 valence electrons. The Hall–Kier alpha value is -1.97. The summed E-state index contributed by atoms with van der Waals surface area (Å²) in [5.41, 5.74) is 0. The lowest BCUT2D eigenvalue weighted by Gasteiger charge is -2.16. The van der Waals surface area contributed by atoms with Gasteiger partial charge in [0.25, 0.3) is 10.0 Å². The van der Waals surface area contributed by atoms with E-state index in [1.807, 2.05) is 43.6 Å². The van der Waals surface area contributed by atoms with Gasteiger partial charge in [-0.25, -0.2) is 18.1 Å². The second kappa shape index (κ2) is 7.11. The Kier molecular flexibility index (Phi) is 5.07. The summed E-state index contributed by atoms with van der Waals surface area (Å²) in [6.07, 6.45) is 5.06. The molecule has 25 heavy (non-hydrogen) atoms. The molecule has 0 aliphatic heterocycles. The van der Waals surface area contributed by atoms with Crippen molar-refractivity contribution in [1.29, 1.82) is 0 Å². The topological polar surface area (TPSA) is 81.8 Å². The van der Waals surface area contributed by atoms with Gasteiger partial charge < -0.3 is 4.57 Å². The molecule has 3 heterocycles. The van der Waals surface area contributed by atoms with Crippen molar-refractivity contribution in [2.75, 3.05) is 6.54 Å². The highest BCUT2D eigenvalue weighted by molar-refractivity contribution is 7.89. The highest BCUT2D eigenvalue weighted by Crippen LogP contribution is 2.23. The largest absolute Gasteiger partial charge is 0.336 e. The van der Waals surface area contributed by atoms with Gasteiger partial charge >= 0.3 is 0 Å². The van der Waals surface area contributed by atoms with Crippen molar-refractivity contribution < 1.29 is 8.42 Å². The van der Waals surface area contributed by atoms with E-state index < -0.39 is 10.0 Å². The van der Waals surface area contributed by atoms with Crippen molar-refractivity contribution in [3.8, 4) is 0 Å². The zero-order valence-electron chi connectivity index (χ0n) is 14.3. The third-order valence-corrected chi connectivity index (χ3v) is 6.13. The quantitative estimate of drug-likeness (QED) is 0.683. The number of nitrogens with one attached hydrogen (secondary N) is 1. The maximum atomic E-state index is 12.7. The summed E-state index contributed by atoms with van der Waals surface area (Å²) >= 11 is 1.57. The van der Waals surface area contributed by atoms with Crippen LogP contribution in [0.15, 0.2) is 47.2 Å². The van der Waals surface area contributed by atoms with E-state index in [4.69, 9.17) is 0 Å². The van der Waals surface area contributed by atoms with Gasteiger partial charge in [0, 0.05) is 43.0 Å². The number of hydrogen-bond donors (Lipinski definition) is 1. The molecular formula is C16H21N5O2S2. The van der Waals surface area contributed by atoms with Crippen molar-refractivity contribution in [2.45, 2.75) is 30.8 Å². The average Bonchev–Trinajstić information content (AvgIpc) is 3.28. The first-order valence-electron chi connectivity index (χ1n) is 7.94. The lowest BCUT2D eigenvalue weighted by Crippen LogP contribution is -2.31. The second-order valence-electron chi connectivity index (χ2n) is 6.07. The number of imidazole rings is 1. The van der Waals surface area contributed by atoms with Gasteiger partial charge in [-0.1, -0.05) is 19.9 Å². The van der Waals surface area contributed by atoms with Crippen LogP contribution in [0.1, 0.15) is 36.5 Å². The van der Waals surface area contributed by atoms with Crippen LogP contribution in [0.4, 0.5) is 0 Å². The molecule has 3 aromatic heterocycles. The number of hydrogen-bond acceptors (Lipinski definition) is 5. The van der Waals surface area contributed by atoms with Crippen LogP contribution in [-0.2, 0) is 17.1 Å². The van der Waals surface area contributed by atoms with Crippen LogP contribution in [0.3, 0.4) is 0 Å². The highest BCUT2D eigenvalue weighted by Gasteiger charge is 2.23. The van der Waals surface area contributed by atoms with Crippen LogP contribution >= 0.6 is 11.3 Å². The predicted molar refractivity (Wildman–Crippen MR) is 97.2 cm³/mol. The average molecular weight is 380 g/mol. The van der Waals surface area contributed by atoms with E-state index in [9.17, 15) is 8.42 Å². The molecule has 9 heteroatoms. The molecule has 0 bridgehead atoms. The summed E-state index contributed by atoms with van der Waals surface area (Å²) in [6.45, 7) is 4.17. The normalized spacial score (nSPS) is 13.4. The first-order chi connectivity index (χ1) is 11.9. The minimum Gasteiger partial charge on any atom is -0.336 e. The lowest BCUT2D eigenvalue weighted by atomic mass is 10.2. The molecule has 0 aliphatic carbocycles. The van der Waals surface area contributed by atoms with E-state index in [0.29, 0.717) is 0 Å². The summed E-state index contributed by atoms with van der Waals surface area (Å²) in [7, 11) is -1.89. The van der Waals surface area contributed by atoms with Crippen LogP contribution in [0.5, 0.6) is 0 Å². The Morgan fingerprint density at radius 2 is 2.12 bits per heavy atom. The molecule has 1 N–H and O–H groups in total. The minimum atomic E-state index is -3.69. The molecule has 7 nitrogen and oxygen atoms in total. The maximum absolute atomic E-state index is 12.7. The molecule has 1 atom stereocenters. The van der Waals surface area contributed by atoms with Gasteiger partial charge in [-0.15, -0.1) is 11.3 Å². The van der Waals surface area contributed by atoms with Crippen LogP contribution in [0, 0.1) is 0 Å². The zero-order valence-corrected chi connectivity index (χ0v) is 16.0. The standard InChI is InChI=1S/C16H21N5O2S2/c1-12(2)16-19-15(11-20(16)3)25(22,23)18-10-13(14-6-4-9-24-14)21-8-5-7-17-21/h4-9,11-13,18H,10H2,1-3H3. The zero-order chi connectivity index (χ0) is 18.0. The number of sulfonamides is 1. The molecule has 3 aromatic rings. The smallest absolute Gasteiger partial charge is 0.259 e. The third kappa shape index (κ3) is 3.83. The van der Waals surface area contributed by atoms with E-state index in [1.54, 1.807) is 40.0 Å². The fourth-order valence-corrected chi connectivity index (χ4v) is 4.51. The SMILES string of the molecule is CC(C)c1nc(S(=O)(=O)NCC(c2cccs2)n2cccn2)cn1C. The van der Waals surface area contributed by atoms with E-state index >= 15 is 0 Å². The molecule has 0 radical (unpaired) electrons. The second-order valence-corrected chi connectivity index (χ2v) is 8.77. The van der Waals surface area contributed by atoms with Crippen LogP contribution in [-0.4, -0.2) is 34.3 Å². The van der Waals surface area contributed by atoms with Gasteiger partial charge in [-0.3, -0.25) is 4.68 Å². The van der Waals surface area contributed by atoms with E-state index in [1.165, 1.54) is 0 Å². The molecule has 0 spiro atoms. The lowest BCUT2D eigenvalue weighted by molar-refractivity contribution is 0.510. The Balaban J connectivity index is 1.82. The van der Waals surface area contributed by atoms with Crippen molar-refractivity contribution in [3.05, 3.63) is 52.9 Å². The molecule has 3 rings (SSSR count). The van der Waals surface area contributed by atoms with Gasteiger partial charge in [-0.05, 0) is 17.5 Å².